The maximum Gasteiger partial charge on any atom is 0.416 e. The van der Waals surface area contributed by atoms with Crippen LogP contribution in [0.4, 0.5) is 13.2 Å². The fourth-order valence-electron chi connectivity index (χ4n) is 3.13. The Hall–Kier alpha value is -1.60. The lowest BCUT2D eigenvalue weighted by Crippen LogP contribution is -2.50. The van der Waals surface area contributed by atoms with E-state index in [9.17, 15) is 18.0 Å². The molecule has 0 saturated carbocycles. The molecule has 0 spiro atoms. The fourth-order valence-corrected chi connectivity index (χ4v) is 3.13. The molecule has 23 heavy (non-hydrogen) atoms. The molecule has 2 aliphatic heterocycles. The molecule has 3 rings (SSSR count). The minimum Gasteiger partial charge on any atom is -0.373 e. The van der Waals surface area contributed by atoms with Crippen molar-refractivity contribution in [1.29, 1.82) is 0 Å². The van der Waals surface area contributed by atoms with Crippen molar-refractivity contribution in [3.05, 3.63) is 35.4 Å². The van der Waals surface area contributed by atoms with E-state index in [1.54, 1.807) is 0 Å². The number of nitrogens with one attached hydrogen (secondary N) is 1. The molecule has 126 valence electrons. The Morgan fingerprint density at radius 1 is 1.30 bits per heavy atom. The van der Waals surface area contributed by atoms with E-state index in [1.807, 2.05) is 0 Å². The molecule has 7 heteroatoms. The number of amides is 1. The Kier molecular flexibility index (Phi) is 4.59. The summed E-state index contributed by atoms with van der Waals surface area (Å²) >= 11 is 0. The van der Waals surface area contributed by atoms with Gasteiger partial charge in [0.2, 0.25) is 0 Å². The minimum atomic E-state index is -4.39. The summed E-state index contributed by atoms with van der Waals surface area (Å²) in [5.74, 6) is -0.383. The molecule has 4 nitrogen and oxygen atoms in total. The van der Waals surface area contributed by atoms with Gasteiger partial charge in [-0.25, -0.2) is 0 Å². The average Bonchev–Trinajstić information content (AvgIpc) is 2.99. The highest BCUT2D eigenvalue weighted by atomic mass is 19.4. The Labute approximate surface area is 132 Å². The smallest absolute Gasteiger partial charge is 0.373 e. The number of carbonyl (C=O) groups is 1. The first kappa shape index (κ1) is 16.3. The number of benzene rings is 1. The largest absolute Gasteiger partial charge is 0.416 e. The Morgan fingerprint density at radius 2 is 2.04 bits per heavy atom. The van der Waals surface area contributed by atoms with Crippen molar-refractivity contribution < 1.29 is 22.7 Å². The zero-order valence-electron chi connectivity index (χ0n) is 12.6. The molecular weight excluding hydrogens is 309 g/mol. The van der Waals surface area contributed by atoms with Crippen molar-refractivity contribution in [3.63, 3.8) is 0 Å². The second kappa shape index (κ2) is 6.49. The van der Waals surface area contributed by atoms with Crippen molar-refractivity contribution in [2.75, 3.05) is 26.2 Å². The molecule has 0 aliphatic carbocycles. The standard InChI is InChI=1S/C16H19F3N2O2/c17-16(18,19)12-5-3-11(4-6-12)15(22)20-8-14-9-21-7-1-2-13(21)10-23-14/h3-6,13-14H,1-2,7-10H2,(H,20,22)/t13-,14-/m0/s1. The molecule has 2 atom stereocenters. The second-order valence-corrected chi connectivity index (χ2v) is 6.03. The summed E-state index contributed by atoms with van der Waals surface area (Å²) in [6, 6.07) is 4.71. The van der Waals surface area contributed by atoms with Crippen molar-refractivity contribution in [1.82, 2.24) is 10.2 Å². The molecule has 2 heterocycles. The topological polar surface area (TPSA) is 41.6 Å². The average molecular weight is 328 g/mol. The van der Waals surface area contributed by atoms with Crippen LogP contribution < -0.4 is 5.32 Å². The normalized spacial score (nSPS) is 25.2. The maximum atomic E-state index is 12.5. The van der Waals surface area contributed by atoms with Crippen LogP contribution in [0.15, 0.2) is 24.3 Å². The summed E-state index contributed by atoms with van der Waals surface area (Å²) in [5, 5.41) is 2.73. The van der Waals surface area contributed by atoms with Gasteiger partial charge >= 0.3 is 6.18 Å². The van der Waals surface area contributed by atoms with Gasteiger partial charge in [-0.05, 0) is 43.7 Å². The van der Waals surface area contributed by atoms with E-state index in [-0.39, 0.29) is 17.6 Å². The number of fused-ring (bicyclic) bond motifs is 1. The van der Waals surface area contributed by atoms with Gasteiger partial charge in [-0.2, -0.15) is 13.2 Å². The first-order chi connectivity index (χ1) is 10.9. The van der Waals surface area contributed by atoms with Gasteiger partial charge in [0.05, 0.1) is 18.3 Å². The van der Waals surface area contributed by atoms with Crippen LogP contribution in [-0.2, 0) is 10.9 Å². The van der Waals surface area contributed by atoms with Gasteiger partial charge in [-0.3, -0.25) is 9.69 Å². The zero-order chi connectivity index (χ0) is 16.4. The van der Waals surface area contributed by atoms with Crippen molar-refractivity contribution >= 4 is 5.91 Å². The van der Waals surface area contributed by atoms with Crippen LogP contribution in [0.2, 0.25) is 0 Å². The van der Waals surface area contributed by atoms with E-state index in [0.717, 1.165) is 31.6 Å². The second-order valence-electron chi connectivity index (χ2n) is 6.03. The SMILES string of the molecule is O=C(NC[C@H]1CN2CCC[C@H]2CO1)c1ccc(C(F)(F)F)cc1. The Bertz CT molecular complexity index is 559. The van der Waals surface area contributed by atoms with Gasteiger partial charge in [-0.1, -0.05) is 0 Å². The number of carbonyl (C=O) groups excluding carboxylic acids is 1. The summed E-state index contributed by atoms with van der Waals surface area (Å²) in [6.07, 6.45) is -2.12. The number of rotatable bonds is 3. The van der Waals surface area contributed by atoms with Crippen LogP contribution in [0.5, 0.6) is 0 Å². The fraction of sp³-hybridized carbons (Fsp3) is 0.562. The summed E-state index contributed by atoms with van der Waals surface area (Å²) in [6.45, 7) is 2.90. The molecule has 0 radical (unpaired) electrons. The predicted octanol–water partition coefficient (Wildman–Crippen LogP) is 2.30. The van der Waals surface area contributed by atoms with E-state index >= 15 is 0 Å². The first-order valence-corrected chi connectivity index (χ1v) is 7.74. The molecule has 1 aromatic carbocycles. The number of hydrogen-bond acceptors (Lipinski definition) is 3. The molecule has 0 aromatic heterocycles. The molecule has 2 fully saturated rings. The van der Waals surface area contributed by atoms with Gasteiger partial charge in [-0.15, -0.1) is 0 Å². The third-order valence-electron chi connectivity index (χ3n) is 4.43. The quantitative estimate of drug-likeness (QED) is 0.926. The maximum absolute atomic E-state index is 12.5. The predicted molar refractivity (Wildman–Crippen MR) is 78.1 cm³/mol. The molecule has 2 saturated heterocycles. The third-order valence-corrected chi connectivity index (χ3v) is 4.43. The summed E-state index contributed by atoms with van der Waals surface area (Å²) in [5.41, 5.74) is -0.544. The van der Waals surface area contributed by atoms with Crippen LogP contribution >= 0.6 is 0 Å². The lowest BCUT2D eigenvalue weighted by molar-refractivity contribution is -0.137. The Morgan fingerprint density at radius 3 is 2.74 bits per heavy atom. The summed E-state index contributed by atoms with van der Waals surface area (Å²) in [4.78, 5) is 14.4. The highest BCUT2D eigenvalue weighted by Crippen LogP contribution is 2.29. The first-order valence-electron chi connectivity index (χ1n) is 7.74. The van der Waals surface area contributed by atoms with E-state index < -0.39 is 11.7 Å². The van der Waals surface area contributed by atoms with E-state index in [2.05, 4.69) is 10.2 Å². The molecule has 1 N–H and O–H groups in total. The summed E-state index contributed by atoms with van der Waals surface area (Å²) in [7, 11) is 0. The minimum absolute atomic E-state index is 0.0669. The van der Waals surface area contributed by atoms with E-state index in [4.69, 9.17) is 4.74 Å². The van der Waals surface area contributed by atoms with Crippen LogP contribution in [0, 0.1) is 0 Å². The lowest BCUT2D eigenvalue weighted by Gasteiger charge is -2.35. The third kappa shape index (κ3) is 3.84. The van der Waals surface area contributed by atoms with E-state index in [0.29, 0.717) is 19.2 Å². The van der Waals surface area contributed by atoms with Crippen molar-refractivity contribution in [3.8, 4) is 0 Å². The van der Waals surface area contributed by atoms with Crippen LogP contribution in [-0.4, -0.2) is 49.2 Å². The van der Waals surface area contributed by atoms with Crippen molar-refractivity contribution in [2.45, 2.75) is 31.2 Å². The molecule has 0 bridgehead atoms. The molecular formula is C16H19F3N2O2. The van der Waals surface area contributed by atoms with Gasteiger partial charge in [0.25, 0.3) is 5.91 Å². The molecule has 1 amide bonds. The highest BCUT2D eigenvalue weighted by Gasteiger charge is 2.32. The molecule has 1 aromatic rings. The van der Waals surface area contributed by atoms with Crippen LogP contribution in [0.3, 0.4) is 0 Å². The van der Waals surface area contributed by atoms with Gasteiger partial charge < -0.3 is 10.1 Å². The van der Waals surface area contributed by atoms with Crippen LogP contribution in [0.1, 0.15) is 28.8 Å². The number of ether oxygens (including phenoxy) is 1. The molecule has 2 aliphatic rings. The van der Waals surface area contributed by atoms with E-state index in [1.165, 1.54) is 18.6 Å². The number of hydrogen-bond donors (Lipinski definition) is 1. The molecule has 0 unspecified atom stereocenters. The summed E-state index contributed by atoms with van der Waals surface area (Å²) < 4.78 is 43.2. The Balaban J connectivity index is 1.51. The lowest BCUT2D eigenvalue weighted by atomic mass is 10.1. The highest BCUT2D eigenvalue weighted by molar-refractivity contribution is 5.94. The van der Waals surface area contributed by atoms with Crippen LogP contribution in [0.25, 0.3) is 0 Å². The number of halogens is 3. The van der Waals surface area contributed by atoms with Gasteiger partial charge in [0.1, 0.15) is 0 Å². The monoisotopic (exact) mass is 328 g/mol. The van der Waals surface area contributed by atoms with Gasteiger partial charge in [0, 0.05) is 24.7 Å². The number of alkyl halides is 3. The van der Waals surface area contributed by atoms with Gasteiger partial charge in [0.15, 0.2) is 0 Å². The number of nitrogens with zero attached hydrogens (tertiary/aromatic N) is 1. The zero-order valence-corrected chi connectivity index (χ0v) is 12.6. The number of morpholine rings is 1. The van der Waals surface area contributed by atoms with Crippen molar-refractivity contribution in [2.24, 2.45) is 0 Å².